The van der Waals surface area contributed by atoms with E-state index in [2.05, 4.69) is 0 Å². The largest absolute Gasteiger partial charge is 0.544 e. The lowest BCUT2D eigenvalue weighted by molar-refractivity contribution is -0.928. The Bertz CT molecular complexity index is 618. The Kier molecular flexibility index (Phi) is 5.89. The summed E-state index contributed by atoms with van der Waals surface area (Å²) in [5.41, 5.74) is 0.0925. The summed E-state index contributed by atoms with van der Waals surface area (Å²) in [4.78, 5) is 26.3. The van der Waals surface area contributed by atoms with Crippen LogP contribution in [0.4, 0.5) is 4.79 Å². The molecular weight excluding hydrogens is 324 g/mol. The van der Waals surface area contributed by atoms with Crippen LogP contribution < -0.4 is 14.7 Å². The van der Waals surface area contributed by atoms with Crippen LogP contribution in [0.25, 0.3) is 0 Å². The normalized spacial score (nSPS) is 17.0. The predicted octanol–water partition coefficient (Wildman–Crippen LogP) is -0.378. The van der Waals surface area contributed by atoms with E-state index in [0.717, 1.165) is 4.90 Å². The van der Waals surface area contributed by atoms with E-state index in [9.17, 15) is 14.7 Å². The first-order valence-electron chi connectivity index (χ1n) is 8.38. The summed E-state index contributed by atoms with van der Waals surface area (Å²) in [6.45, 7) is 7.37. The molecule has 1 aliphatic rings. The van der Waals surface area contributed by atoms with E-state index in [1.165, 1.54) is 0 Å². The maximum atomic E-state index is 12.1. The molecule has 1 amide bonds. The minimum absolute atomic E-state index is 0.363. The molecular formula is C18H26N2O5. The van der Waals surface area contributed by atoms with Gasteiger partial charge in [0.2, 0.25) is 0 Å². The smallest absolute Gasteiger partial charge is 0.410 e. The summed E-state index contributed by atoms with van der Waals surface area (Å²) in [5, 5.41) is 11.7. The molecule has 1 atom stereocenters. The lowest BCUT2D eigenvalue weighted by atomic mass is 10.0. The van der Waals surface area contributed by atoms with Crippen molar-refractivity contribution in [3.63, 3.8) is 0 Å². The molecule has 0 bridgehead atoms. The summed E-state index contributed by atoms with van der Waals surface area (Å²) >= 11 is 0. The third kappa shape index (κ3) is 5.09. The van der Waals surface area contributed by atoms with E-state index in [0.29, 0.717) is 37.5 Å². The molecule has 0 radical (unpaired) electrons. The molecule has 1 aromatic rings. The molecule has 138 valence electrons. The summed E-state index contributed by atoms with van der Waals surface area (Å²) in [7, 11) is 1.54. The molecule has 0 aliphatic carbocycles. The molecule has 7 nitrogen and oxygen atoms in total. The highest BCUT2D eigenvalue weighted by Crippen LogP contribution is 2.18. The van der Waals surface area contributed by atoms with Crippen LogP contribution in [0.5, 0.6) is 5.75 Å². The molecule has 1 fully saturated rings. The van der Waals surface area contributed by atoms with Crippen molar-refractivity contribution < 1.29 is 29.1 Å². The van der Waals surface area contributed by atoms with Crippen molar-refractivity contribution in [1.82, 2.24) is 4.90 Å². The molecule has 0 saturated carbocycles. The number of carbonyl (C=O) groups is 2. The number of carbonyl (C=O) groups excluding carboxylic acids is 2. The second-order valence-electron chi connectivity index (χ2n) is 7.15. The number of hydrogen-bond acceptors (Lipinski definition) is 5. The Labute approximate surface area is 148 Å². The number of hydrogen-bond donors (Lipinski definition) is 1. The molecule has 0 unspecified atom stereocenters. The number of ether oxygens (including phenoxy) is 2. The molecule has 1 N–H and O–H groups in total. The first kappa shape index (κ1) is 19.1. The van der Waals surface area contributed by atoms with Crippen molar-refractivity contribution in [2.75, 3.05) is 33.3 Å². The molecule has 1 heterocycles. The first-order valence-corrected chi connectivity index (χ1v) is 8.38. The summed E-state index contributed by atoms with van der Waals surface area (Å²) < 4.78 is 10.5. The van der Waals surface area contributed by atoms with E-state index < -0.39 is 17.6 Å². The van der Waals surface area contributed by atoms with Crippen LogP contribution in [0.15, 0.2) is 24.3 Å². The number of aliphatic carboxylic acids is 1. The monoisotopic (exact) mass is 350 g/mol. The number of rotatable bonds is 4. The van der Waals surface area contributed by atoms with Gasteiger partial charge in [0.15, 0.2) is 6.04 Å². The number of piperazine rings is 1. The topological polar surface area (TPSA) is 83.3 Å². The number of amides is 1. The quantitative estimate of drug-likeness (QED) is 0.801. The van der Waals surface area contributed by atoms with Crippen LogP contribution in [0, 0.1) is 0 Å². The molecule has 1 aliphatic heterocycles. The number of carboxylic acids is 1. The van der Waals surface area contributed by atoms with Crippen LogP contribution in [-0.2, 0) is 9.53 Å². The number of methoxy groups -OCH3 is 1. The highest BCUT2D eigenvalue weighted by molar-refractivity contribution is 5.72. The summed E-state index contributed by atoms with van der Waals surface area (Å²) in [6.07, 6.45) is -0.363. The third-order valence-electron chi connectivity index (χ3n) is 4.13. The number of quaternary nitrogens is 1. The number of benzene rings is 1. The van der Waals surface area contributed by atoms with E-state index in [1.54, 1.807) is 36.3 Å². The Hall–Kier alpha value is -2.28. The van der Waals surface area contributed by atoms with Crippen LogP contribution in [0.1, 0.15) is 32.4 Å². The van der Waals surface area contributed by atoms with Gasteiger partial charge >= 0.3 is 6.09 Å². The molecule has 7 heteroatoms. The van der Waals surface area contributed by atoms with Gasteiger partial charge < -0.3 is 24.3 Å². The standard InChI is InChI=1S/C18H26N2O5/c1-18(2,3)25-17(23)20-10-8-19(9-11-20)15(16(21)22)13-6-5-7-14(12-13)24-4/h5-7,12,15H,8-11H2,1-4H3,(H,21,22)/t15-/m0/s1. The molecule has 1 saturated heterocycles. The van der Waals surface area contributed by atoms with Gasteiger partial charge in [0.25, 0.3) is 0 Å². The fourth-order valence-electron chi connectivity index (χ4n) is 2.95. The van der Waals surface area contributed by atoms with E-state index in [1.807, 2.05) is 20.8 Å². The number of nitrogens with one attached hydrogen (secondary N) is 1. The van der Waals surface area contributed by atoms with E-state index >= 15 is 0 Å². The fraction of sp³-hybridized carbons (Fsp3) is 0.556. The highest BCUT2D eigenvalue weighted by Gasteiger charge is 2.33. The van der Waals surface area contributed by atoms with Gasteiger partial charge in [-0.1, -0.05) is 12.1 Å². The summed E-state index contributed by atoms with van der Waals surface area (Å²) in [6, 6.07) is 6.21. The van der Waals surface area contributed by atoms with Crippen molar-refractivity contribution in [2.45, 2.75) is 32.4 Å². The first-order chi connectivity index (χ1) is 11.7. The average molecular weight is 350 g/mol. The average Bonchev–Trinajstić information content (AvgIpc) is 2.54. The predicted molar refractivity (Wildman–Crippen MR) is 89.2 cm³/mol. The van der Waals surface area contributed by atoms with Crippen LogP contribution in [-0.4, -0.2) is 55.9 Å². The molecule has 1 aromatic carbocycles. The summed E-state index contributed by atoms with van der Waals surface area (Å²) in [5.74, 6) is -0.524. The Morgan fingerprint density at radius 3 is 2.40 bits per heavy atom. The van der Waals surface area contributed by atoms with Crippen molar-refractivity contribution in [2.24, 2.45) is 0 Å². The van der Waals surface area contributed by atoms with Crippen molar-refractivity contribution in [3.05, 3.63) is 29.8 Å². The molecule has 0 spiro atoms. The van der Waals surface area contributed by atoms with Gasteiger partial charge in [-0.3, -0.25) is 4.90 Å². The zero-order valence-electron chi connectivity index (χ0n) is 15.2. The maximum Gasteiger partial charge on any atom is 0.410 e. The van der Waals surface area contributed by atoms with Crippen molar-refractivity contribution >= 4 is 12.1 Å². The van der Waals surface area contributed by atoms with Gasteiger partial charge in [-0.05, 0) is 32.9 Å². The van der Waals surface area contributed by atoms with Crippen LogP contribution in [0.2, 0.25) is 0 Å². The Balaban J connectivity index is 2.05. The third-order valence-corrected chi connectivity index (χ3v) is 4.13. The highest BCUT2D eigenvalue weighted by atomic mass is 16.6. The van der Waals surface area contributed by atoms with Crippen LogP contribution >= 0.6 is 0 Å². The SMILES string of the molecule is COc1cccc([C@@H](C(=O)[O-])[NH+]2CCN(C(=O)OC(C)(C)C)CC2)c1. The lowest BCUT2D eigenvalue weighted by Crippen LogP contribution is -3.16. The Morgan fingerprint density at radius 2 is 1.88 bits per heavy atom. The van der Waals surface area contributed by atoms with Gasteiger partial charge in [-0.15, -0.1) is 0 Å². The zero-order valence-corrected chi connectivity index (χ0v) is 15.2. The number of carboxylic acid groups (broad SMARTS) is 1. The second-order valence-corrected chi connectivity index (χ2v) is 7.15. The Morgan fingerprint density at radius 1 is 1.24 bits per heavy atom. The minimum atomic E-state index is -1.13. The van der Waals surface area contributed by atoms with Crippen LogP contribution in [0.3, 0.4) is 0 Å². The van der Waals surface area contributed by atoms with Gasteiger partial charge in [0.05, 0.1) is 33.3 Å². The molecule has 0 aromatic heterocycles. The minimum Gasteiger partial charge on any atom is -0.544 e. The van der Waals surface area contributed by atoms with Crippen molar-refractivity contribution in [1.29, 1.82) is 0 Å². The van der Waals surface area contributed by atoms with E-state index in [4.69, 9.17) is 9.47 Å². The molecule has 25 heavy (non-hydrogen) atoms. The molecule has 2 rings (SSSR count). The second kappa shape index (κ2) is 7.74. The fourth-order valence-corrected chi connectivity index (χ4v) is 2.95. The van der Waals surface area contributed by atoms with Gasteiger partial charge in [-0.2, -0.15) is 0 Å². The lowest BCUT2D eigenvalue weighted by Gasteiger charge is -2.37. The van der Waals surface area contributed by atoms with Gasteiger partial charge in [-0.25, -0.2) is 4.79 Å². The number of nitrogens with zero attached hydrogens (tertiary/aromatic N) is 1. The van der Waals surface area contributed by atoms with Gasteiger partial charge in [0.1, 0.15) is 17.3 Å². The van der Waals surface area contributed by atoms with Crippen molar-refractivity contribution in [3.8, 4) is 5.75 Å². The maximum absolute atomic E-state index is 12.1. The zero-order chi connectivity index (χ0) is 18.6. The van der Waals surface area contributed by atoms with E-state index in [-0.39, 0.29) is 6.09 Å². The van der Waals surface area contributed by atoms with Gasteiger partial charge in [0, 0.05) is 5.56 Å².